The molecule has 0 heterocycles. The van der Waals surface area contributed by atoms with E-state index in [1.54, 1.807) is 6.08 Å². The highest BCUT2D eigenvalue weighted by Crippen LogP contribution is 2.34. The van der Waals surface area contributed by atoms with E-state index in [1.165, 1.54) is 0 Å². The van der Waals surface area contributed by atoms with Gasteiger partial charge in [-0.25, -0.2) is 0 Å². The van der Waals surface area contributed by atoms with Gasteiger partial charge in [-0.2, -0.15) is 0 Å². The minimum atomic E-state index is -1.10. The topological polar surface area (TPSA) is 46.2 Å². The third-order valence-electron chi connectivity index (χ3n) is 3.73. The molecule has 3 nitrogen and oxygen atoms in total. The predicted molar refractivity (Wildman–Crippen MR) is 96.9 cm³/mol. The number of hydrogen-bond donors (Lipinski definition) is 1. The molecule has 1 aromatic rings. The molecular formula is C19H25NO2S. The Morgan fingerprint density at radius 2 is 1.96 bits per heavy atom. The molecule has 1 N–H and O–H groups in total. The Hall–Kier alpha value is -1.68. The minimum Gasteiger partial charge on any atom is -0.358 e. The average Bonchev–Trinajstić information content (AvgIpc) is 2.43. The second-order valence-electron chi connectivity index (χ2n) is 7.07. The van der Waals surface area contributed by atoms with E-state index in [0.29, 0.717) is 12.2 Å². The Bertz CT molecular complexity index is 682. The second kappa shape index (κ2) is 7.26. The fourth-order valence-corrected chi connectivity index (χ4v) is 3.96. The number of allylic oxidation sites excluding steroid dienone is 3. The number of benzene rings is 1. The first-order valence-electron chi connectivity index (χ1n) is 7.88. The standard InChI is InChI=1S/C19H25NO2S/c1-14(2)9-10-23(22)18-8-6-5-7-17(18)20-15-11-16(21)13-19(3,4)12-15/h5-9,11,20H,10,12-13H2,1-4H3/t23-/m1/s1. The van der Waals surface area contributed by atoms with E-state index >= 15 is 0 Å². The highest BCUT2D eigenvalue weighted by atomic mass is 32.2. The Kier molecular flexibility index (Phi) is 5.58. The van der Waals surface area contributed by atoms with Crippen LogP contribution in [-0.2, 0) is 15.6 Å². The molecule has 1 atom stereocenters. The summed E-state index contributed by atoms with van der Waals surface area (Å²) >= 11 is 0. The van der Waals surface area contributed by atoms with Crippen LogP contribution in [0.2, 0.25) is 0 Å². The summed E-state index contributed by atoms with van der Waals surface area (Å²) in [6, 6.07) is 7.61. The van der Waals surface area contributed by atoms with E-state index in [9.17, 15) is 9.00 Å². The summed E-state index contributed by atoms with van der Waals surface area (Å²) in [7, 11) is -1.10. The molecule has 1 aliphatic rings. The molecule has 0 radical (unpaired) electrons. The molecule has 1 aromatic carbocycles. The molecule has 0 amide bonds. The Balaban J connectivity index is 2.23. The summed E-state index contributed by atoms with van der Waals surface area (Å²) in [6.07, 6.45) is 5.06. The number of carbonyl (C=O) groups is 1. The van der Waals surface area contributed by atoms with E-state index < -0.39 is 10.8 Å². The van der Waals surface area contributed by atoms with Crippen LogP contribution in [0.25, 0.3) is 0 Å². The first-order chi connectivity index (χ1) is 10.8. The zero-order valence-electron chi connectivity index (χ0n) is 14.3. The van der Waals surface area contributed by atoms with Gasteiger partial charge in [-0.15, -0.1) is 0 Å². The summed E-state index contributed by atoms with van der Waals surface area (Å²) in [4.78, 5) is 12.7. The average molecular weight is 331 g/mol. The monoisotopic (exact) mass is 331 g/mol. The van der Waals surface area contributed by atoms with Crippen molar-refractivity contribution in [2.75, 3.05) is 11.1 Å². The van der Waals surface area contributed by atoms with Crippen molar-refractivity contribution in [2.45, 2.75) is 45.4 Å². The lowest BCUT2D eigenvalue weighted by atomic mass is 9.79. The first-order valence-corrected chi connectivity index (χ1v) is 9.20. The Labute approximate surface area is 141 Å². The lowest BCUT2D eigenvalue weighted by Crippen LogP contribution is -2.24. The van der Waals surface area contributed by atoms with Gasteiger partial charge in [0.1, 0.15) is 0 Å². The molecule has 0 bridgehead atoms. The normalized spacial score (nSPS) is 18.1. The maximum atomic E-state index is 12.5. The number of carbonyl (C=O) groups excluding carboxylic acids is 1. The van der Waals surface area contributed by atoms with Gasteiger partial charge in [-0.3, -0.25) is 9.00 Å². The molecule has 23 heavy (non-hydrogen) atoms. The molecule has 0 saturated carbocycles. The van der Waals surface area contributed by atoms with Crippen LogP contribution in [0.3, 0.4) is 0 Å². The third-order valence-corrected chi connectivity index (χ3v) is 5.04. The molecule has 0 fully saturated rings. The Morgan fingerprint density at radius 3 is 2.61 bits per heavy atom. The smallest absolute Gasteiger partial charge is 0.157 e. The molecule has 0 aliphatic heterocycles. The number of nitrogens with one attached hydrogen (secondary N) is 1. The van der Waals surface area contributed by atoms with Crippen LogP contribution in [0.4, 0.5) is 5.69 Å². The van der Waals surface area contributed by atoms with Crippen LogP contribution in [0.1, 0.15) is 40.5 Å². The van der Waals surface area contributed by atoms with Gasteiger partial charge in [0.05, 0.1) is 21.4 Å². The highest BCUT2D eigenvalue weighted by Gasteiger charge is 2.27. The van der Waals surface area contributed by atoms with Crippen molar-refractivity contribution in [2.24, 2.45) is 5.41 Å². The van der Waals surface area contributed by atoms with Crippen LogP contribution in [0.5, 0.6) is 0 Å². The fraction of sp³-hybridized carbons (Fsp3) is 0.421. The predicted octanol–water partition coefficient (Wildman–Crippen LogP) is 4.45. The van der Waals surface area contributed by atoms with Crippen molar-refractivity contribution in [3.63, 3.8) is 0 Å². The molecule has 0 saturated heterocycles. The molecule has 2 rings (SSSR count). The number of anilines is 1. The maximum Gasteiger partial charge on any atom is 0.157 e. The van der Waals surface area contributed by atoms with Crippen molar-refractivity contribution in [3.8, 4) is 0 Å². The summed E-state index contributed by atoms with van der Waals surface area (Å²) in [5.41, 5.74) is 2.85. The van der Waals surface area contributed by atoms with Crippen LogP contribution in [0.15, 0.2) is 52.6 Å². The van der Waals surface area contributed by atoms with Gasteiger partial charge in [0.15, 0.2) is 5.78 Å². The van der Waals surface area contributed by atoms with Gasteiger partial charge in [0.25, 0.3) is 0 Å². The summed E-state index contributed by atoms with van der Waals surface area (Å²) < 4.78 is 12.5. The van der Waals surface area contributed by atoms with Crippen LogP contribution < -0.4 is 5.32 Å². The maximum absolute atomic E-state index is 12.5. The van der Waals surface area contributed by atoms with E-state index in [-0.39, 0.29) is 11.2 Å². The SMILES string of the molecule is CC(C)=CC[S@@](=O)c1ccccc1NC1=CC(=O)CC(C)(C)C1. The van der Waals surface area contributed by atoms with E-state index in [0.717, 1.165) is 28.3 Å². The van der Waals surface area contributed by atoms with Gasteiger partial charge in [0, 0.05) is 23.9 Å². The number of para-hydroxylation sites is 1. The van der Waals surface area contributed by atoms with Gasteiger partial charge >= 0.3 is 0 Å². The van der Waals surface area contributed by atoms with Crippen LogP contribution in [0, 0.1) is 5.41 Å². The van der Waals surface area contributed by atoms with Gasteiger partial charge < -0.3 is 5.32 Å². The van der Waals surface area contributed by atoms with Crippen molar-refractivity contribution in [1.29, 1.82) is 0 Å². The molecule has 124 valence electrons. The zero-order valence-corrected chi connectivity index (χ0v) is 15.1. The van der Waals surface area contributed by atoms with Gasteiger partial charge in [-0.1, -0.05) is 37.6 Å². The lowest BCUT2D eigenvalue weighted by molar-refractivity contribution is -0.117. The third kappa shape index (κ3) is 5.17. The molecule has 0 aromatic heterocycles. The Morgan fingerprint density at radius 1 is 1.26 bits per heavy atom. The summed E-state index contributed by atoms with van der Waals surface area (Å²) in [5.74, 6) is 0.650. The van der Waals surface area contributed by atoms with Gasteiger partial charge in [-0.05, 0) is 37.8 Å². The zero-order chi connectivity index (χ0) is 17.0. The fourth-order valence-electron chi connectivity index (χ4n) is 2.70. The van der Waals surface area contributed by atoms with Crippen molar-refractivity contribution < 1.29 is 9.00 Å². The van der Waals surface area contributed by atoms with Gasteiger partial charge in [0.2, 0.25) is 0 Å². The molecule has 0 spiro atoms. The minimum absolute atomic E-state index is 0.0374. The van der Waals surface area contributed by atoms with Crippen molar-refractivity contribution >= 4 is 22.3 Å². The highest BCUT2D eigenvalue weighted by molar-refractivity contribution is 7.85. The van der Waals surface area contributed by atoms with E-state index in [1.807, 2.05) is 44.2 Å². The van der Waals surface area contributed by atoms with Crippen LogP contribution >= 0.6 is 0 Å². The van der Waals surface area contributed by atoms with Crippen LogP contribution in [-0.4, -0.2) is 15.7 Å². The molecular weight excluding hydrogens is 306 g/mol. The number of rotatable bonds is 5. The van der Waals surface area contributed by atoms with Crippen molar-refractivity contribution in [3.05, 3.63) is 47.7 Å². The quantitative estimate of drug-likeness (QED) is 0.811. The largest absolute Gasteiger partial charge is 0.358 e. The van der Waals surface area contributed by atoms with E-state index in [2.05, 4.69) is 19.2 Å². The summed E-state index contributed by atoms with van der Waals surface area (Å²) in [6.45, 7) is 8.20. The molecule has 1 aliphatic carbocycles. The second-order valence-corrected chi connectivity index (χ2v) is 8.53. The lowest BCUT2D eigenvalue weighted by Gasteiger charge is -2.29. The summed E-state index contributed by atoms with van der Waals surface area (Å²) in [5, 5.41) is 3.33. The first kappa shape index (κ1) is 17.7. The number of hydrogen-bond acceptors (Lipinski definition) is 3. The molecule has 0 unspecified atom stereocenters. The number of ketones is 1. The van der Waals surface area contributed by atoms with E-state index in [4.69, 9.17) is 0 Å². The molecule has 4 heteroatoms. The van der Waals surface area contributed by atoms with Crippen molar-refractivity contribution in [1.82, 2.24) is 0 Å².